The molecule has 4 bridgehead atoms. The number of aromatic nitrogens is 2. The van der Waals surface area contributed by atoms with Crippen LogP contribution in [0.1, 0.15) is 112 Å². The Balaban J connectivity index is 1.20. The van der Waals surface area contributed by atoms with E-state index in [4.69, 9.17) is 9.47 Å². The molecule has 0 amide bonds. The number of phenols is 2. The third kappa shape index (κ3) is 10.6. The minimum atomic E-state index is -0.644. The molecule has 2 aliphatic carbocycles. The summed E-state index contributed by atoms with van der Waals surface area (Å²) in [6, 6.07) is 18.5. The number of methoxy groups -OCH3 is 1. The number of rotatable bonds is 8. The van der Waals surface area contributed by atoms with Gasteiger partial charge in [-0.2, -0.15) is 0 Å². The number of H-pyrrole nitrogens is 1. The van der Waals surface area contributed by atoms with E-state index >= 15 is 0 Å². The number of hydrogen-bond acceptors (Lipinski definition) is 9. The first-order valence-corrected chi connectivity index (χ1v) is 24.9. The summed E-state index contributed by atoms with van der Waals surface area (Å²) < 4.78 is 13.7. The van der Waals surface area contributed by atoms with Gasteiger partial charge in [0.1, 0.15) is 29.2 Å². The van der Waals surface area contributed by atoms with Crippen LogP contribution in [0.4, 0.5) is 5.69 Å². The summed E-state index contributed by atoms with van der Waals surface area (Å²) in [7, 11) is 1.51. The fourth-order valence-corrected chi connectivity index (χ4v) is 11.4. The van der Waals surface area contributed by atoms with Gasteiger partial charge in [-0.25, -0.2) is 0 Å². The van der Waals surface area contributed by atoms with Gasteiger partial charge in [0.05, 0.1) is 18.8 Å². The number of aromatic hydroxyl groups is 2. The van der Waals surface area contributed by atoms with Gasteiger partial charge in [0, 0.05) is 86.7 Å². The summed E-state index contributed by atoms with van der Waals surface area (Å²) in [6.07, 6.45) is 29.2. The number of phenolic OH excluding ortho intramolecular Hbond substituents is 2. The lowest BCUT2D eigenvalue weighted by atomic mass is 9.66. The fourth-order valence-electron chi connectivity index (χ4n) is 11.4. The standard InChI is InChI=1S/C58H66N4O7/c1-38-11-7-8-23-58(38)24-20-49(69-39(2)63)31-48(65)32-53(43-18-19-55(67)56(29-43)68-3)61-36-44-15-10-17-52(51(44)37-61)62(26-22-54(66)40-12-5-4-6-13-40)57-30-42(21-25-60-57)50(41-14-9-16-47(64)27-41)28-45-34-59-35-46(45)33-58/h7-11,14-19,21,23,27,29-30,34-38,40,49-50,53,59-60,64,67H,4-6,12-13,20,22,24-26,28,31-33H2,1-3H3. The van der Waals surface area contributed by atoms with Crippen molar-refractivity contribution in [2.75, 3.05) is 25.1 Å². The van der Waals surface area contributed by atoms with Crippen LogP contribution in [0.2, 0.25) is 0 Å². The first-order chi connectivity index (χ1) is 33.5. The van der Waals surface area contributed by atoms with E-state index in [0.717, 1.165) is 71.1 Å². The maximum Gasteiger partial charge on any atom is 0.302 e. The molecule has 5 unspecified atom stereocenters. The van der Waals surface area contributed by atoms with Crippen molar-refractivity contribution < 1.29 is 34.1 Å². The predicted octanol–water partition coefficient (Wildman–Crippen LogP) is 11.1. The van der Waals surface area contributed by atoms with E-state index in [0.29, 0.717) is 50.3 Å². The highest BCUT2D eigenvalue weighted by Crippen LogP contribution is 2.45. The number of ether oxygens (including phenoxy) is 2. The number of fused-ring (bicyclic) bond motifs is 3. The van der Waals surface area contributed by atoms with Crippen LogP contribution in [0.5, 0.6) is 17.2 Å². The Morgan fingerprint density at radius 3 is 2.52 bits per heavy atom. The molecule has 4 aliphatic rings. The van der Waals surface area contributed by atoms with Gasteiger partial charge in [0.15, 0.2) is 11.5 Å². The van der Waals surface area contributed by atoms with Gasteiger partial charge >= 0.3 is 5.97 Å². The quantitative estimate of drug-likeness (QED) is 0.112. The molecule has 0 radical (unpaired) electrons. The Bertz CT molecular complexity index is 2810. The number of Topliss-reactive ketones (excluding diaryl/α,β-unsaturated/α-hetero) is 2. The molecule has 4 heterocycles. The number of ketones is 2. The molecule has 1 saturated carbocycles. The van der Waals surface area contributed by atoms with E-state index in [1.807, 2.05) is 24.3 Å². The highest BCUT2D eigenvalue weighted by Gasteiger charge is 2.37. The number of carbonyl (C=O) groups excluding carboxylic acids is 3. The maximum atomic E-state index is 14.6. The number of anilines is 1. The molecule has 4 N–H and O–H groups in total. The van der Waals surface area contributed by atoms with Crippen molar-refractivity contribution >= 4 is 34.0 Å². The zero-order valence-electron chi connectivity index (χ0n) is 40.2. The Hall–Kier alpha value is -6.75. The summed E-state index contributed by atoms with van der Waals surface area (Å²) in [5, 5.41) is 27.2. The molecule has 11 heteroatoms. The van der Waals surface area contributed by atoms with Crippen LogP contribution in [0.25, 0.3) is 10.8 Å². The molecule has 2 aromatic heterocycles. The van der Waals surface area contributed by atoms with Crippen molar-refractivity contribution in [3.05, 3.63) is 156 Å². The summed E-state index contributed by atoms with van der Waals surface area (Å²) >= 11 is 0. The number of nitrogens with one attached hydrogen (secondary N) is 2. The van der Waals surface area contributed by atoms with E-state index in [1.54, 1.807) is 18.2 Å². The lowest BCUT2D eigenvalue weighted by Crippen LogP contribution is -2.36. The third-order valence-corrected chi connectivity index (χ3v) is 15.3. The minimum absolute atomic E-state index is 0.00178. The van der Waals surface area contributed by atoms with Crippen LogP contribution in [0.15, 0.2) is 133 Å². The molecule has 1 spiro atoms. The molecule has 9 rings (SSSR count). The van der Waals surface area contributed by atoms with Crippen LogP contribution in [-0.2, 0) is 32.0 Å². The highest BCUT2D eigenvalue weighted by atomic mass is 16.5. The smallest absolute Gasteiger partial charge is 0.302 e. The monoisotopic (exact) mass is 930 g/mol. The number of esters is 1. The van der Waals surface area contributed by atoms with Crippen LogP contribution >= 0.6 is 0 Å². The van der Waals surface area contributed by atoms with Gasteiger partial charge in [-0.15, -0.1) is 0 Å². The molecular formula is C58H66N4O7. The Morgan fingerprint density at radius 2 is 1.72 bits per heavy atom. The number of benzene rings is 3. The molecule has 1 fully saturated rings. The number of aromatic amines is 1. The molecule has 3 aromatic carbocycles. The van der Waals surface area contributed by atoms with E-state index in [2.05, 4.69) is 106 Å². The second kappa shape index (κ2) is 20.9. The zero-order chi connectivity index (χ0) is 48.1. The summed E-state index contributed by atoms with van der Waals surface area (Å²) in [5.41, 5.74) is 5.81. The van der Waals surface area contributed by atoms with E-state index < -0.39 is 18.1 Å². The zero-order valence-corrected chi connectivity index (χ0v) is 40.2. The molecule has 5 aromatic rings. The van der Waals surface area contributed by atoms with Gasteiger partial charge in [-0.3, -0.25) is 14.4 Å². The minimum Gasteiger partial charge on any atom is -0.508 e. The van der Waals surface area contributed by atoms with E-state index in [1.165, 1.54) is 31.6 Å². The lowest BCUT2D eigenvalue weighted by Gasteiger charge is -2.38. The topological polar surface area (TPSA) is 146 Å². The van der Waals surface area contributed by atoms with Gasteiger partial charge in [0.2, 0.25) is 0 Å². The molecule has 11 nitrogen and oxygen atoms in total. The molecule has 360 valence electrons. The van der Waals surface area contributed by atoms with Crippen molar-refractivity contribution in [1.82, 2.24) is 14.9 Å². The number of nitrogens with zero attached hydrogens (tertiary/aromatic N) is 2. The predicted molar refractivity (Wildman–Crippen MR) is 270 cm³/mol. The summed E-state index contributed by atoms with van der Waals surface area (Å²) in [6.45, 7) is 4.66. The van der Waals surface area contributed by atoms with Crippen LogP contribution in [0, 0.1) is 17.3 Å². The van der Waals surface area contributed by atoms with Crippen molar-refractivity contribution in [3.63, 3.8) is 0 Å². The average molecular weight is 931 g/mol. The van der Waals surface area contributed by atoms with Crippen molar-refractivity contribution in [2.45, 2.75) is 109 Å². The fraction of sp³-hybridized carbons (Fsp3) is 0.397. The molecular weight excluding hydrogens is 865 g/mol. The van der Waals surface area contributed by atoms with E-state index in [9.17, 15) is 24.6 Å². The Labute approximate surface area is 405 Å². The van der Waals surface area contributed by atoms with E-state index in [-0.39, 0.29) is 53.3 Å². The second-order valence-electron chi connectivity index (χ2n) is 19.8. The van der Waals surface area contributed by atoms with Gasteiger partial charge in [-0.05, 0) is 114 Å². The van der Waals surface area contributed by atoms with Gasteiger partial charge in [0.25, 0.3) is 0 Å². The van der Waals surface area contributed by atoms with Crippen LogP contribution < -0.4 is 15.0 Å². The largest absolute Gasteiger partial charge is 0.508 e. The van der Waals surface area contributed by atoms with Crippen molar-refractivity contribution in [2.24, 2.45) is 17.3 Å². The second-order valence-corrected chi connectivity index (χ2v) is 19.8. The SMILES string of the molecule is COc1cc(C2CC(=O)CC(OC(C)=O)CCC3(C=CC=CC3C)Cc3c[nH]cc3CC(c3cccc(O)c3)C3=CCNC(=C3)N(CCC(=O)C3CCCCC3)c3cccc4cn2cc34)ccc1O. The van der Waals surface area contributed by atoms with Crippen molar-refractivity contribution in [1.29, 1.82) is 0 Å². The molecule has 5 atom stereocenters. The molecule has 2 aliphatic heterocycles. The first kappa shape index (κ1) is 47.3. The first-order valence-electron chi connectivity index (χ1n) is 24.9. The Morgan fingerprint density at radius 1 is 0.899 bits per heavy atom. The lowest BCUT2D eigenvalue weighted by molar-refractivity contribution is -0.148. The van der Waals surface area contributed by atoms with Crippen LogP contribution in [-0.4, -0.2) is 63.6 Å². The molecule has 69 heavy (non-hydrogen) atoms. The summed E-state index contributed by atoms with van der Waals surface area (Å²) in [4.78, 5) is 47.1. The third-order valence-electron chi connectivity index (χ3n) is 15.3. The van der Waals surface area contributed by atoms with Crippen molar-refractivity contribution in [3.8, 4) is 17.2 Å². The maximum absolute atomic E-state index is 14.6. The average Bonchev–Trinajstić information content (AvgIpc) is 3.99. The van der Waals surface area contributed by atoms with Gasteiger partial charge in [-0.1, -0.05) is 86.9 Å². The summed E-state index contributed by atoms with van der Waals surface area (Å²) in [5.74, 6) is 1.30. The Kier molecular flexibility index (Phi) is 14.3. The molecule has 0 saturated heterocycles. The van der Waals surface area contributed by atoms with Crippen LogP contribution in [0.3, 0.4) is 0 Å². The normalized spacial score (nSPS) is 23.7. The number of allylic oxidation sites excluding steroid dienone is 6. The van der Waals surface area contributed by atoms with Gasteiger partial charge < -0.3 is 39.5 Å². The number of carbonyl (C=O) groups is 3. The highest BCUT2D eigenvalue weighted by molar-refractivity contribution is 5.95. The number of dihydropyridines is 1. The number of hydrogen-bond donors (Lipinski definition) is 4.